The van der Waals surface area contributed by atoms with E-state index in [1.54, 1.807) is 6.20 Å². The number of pyridine rings is 1. The van der Waals surface area contributed by atoms with Gasteiger partial charge in [0, 0.05) is 22.5 Å². The lowest BCUT2D eigenvalue weighted by Gasteiger charge is -1.97. The molecule has 0 atom stereocenters. The van der Waals surface area contributed by atoms with Crippen molar-refractivity contribution >= 4 is 27.8 Å². The van der Waals surface area contributed by atoms with E-state index in [1.807, 2.05) is 30.3 Å². The van der Waals surface area contributed by atoms with Gasteiger partial charge in [-0.05, 0) is 12.1 Å². The maximum Gasteiger partial charge on any atom is 0.309 e. The molecule has 0 saturated carbocycles. The molecule has 4 heteroatoms. The lowest BCUT2D eigenvalue weighted by Crippen LogP contribution is -2.02. The predicted molar refractivity (Wildman–Crippen MR) is 64.9 cm³/mol. The lowest BCUT2D eigenvalue weighted by atomic mass is 10.1. The van der Waals surface area contributed by atoms with E-state index in [0.717, 1.165) is 21.8 Å². The highest BCUT2D eigenvalue weighted by Gasteiger charge is 2.10. The maximum absolute atomic E-state index is 10.8. The van der Waals surface area contributed by atoms with Gasteiger partial charge in [0.2, 0.25) is 0 Å². The first-order valence-electron chi connectivity index (χ1n) is 5.32. The number of nitrogens with zero attached hydrogens (tertiary/aromatic N) is 1. The zero-order valence-electron chi connectivity index (χ0n) is 8.97. The molecule has 3 aromatic rings. The van der Waals surface area contributed by atoms with E-state index in [2.05, 4.69) is 9.97 Å². The summed E-state index contributed by atoms with van der Waals surface area (Å²) >= 11 is 0. The van der Waals surface area contributed by atoms with E-state index in [9.17, 15) is 4.79 Å². The highest BCUT2D eigenvalue weighted by atomic mass is 16.4. The molecule has 0 saturated heterocycles. The van der Waals surface area contributed by atoms with Crippen LogP contribution in [0.25, 0.3) is 21.8 Å². The van der Waals surface area contributed by atoms with Gasteiger partial charge in [-0.15, -0.1) is 0 Å². The standard InChI is InChI=1S/C13H10N2O2/c16-12(17)7-11-13-9(5-6-14-11)8-3-1-2-4-10(8)15-13/h1-6,15H,7H2,(H,16,17). The van der Waals surface area contributed by atoms with Crippen molar-refractivity contribution in [3.8, 4) is 0 Å². The van der Waals surface area contributed by atoms with Gasteiger partial charge >= 0.3 is 5.97 Å². The average molecular weight is 226 g/mol. The summed E-state index contributed by atoms with van der Waals surface area (Å²) in [7, 11) is 0. The molecule has 0 radical (unpaired) electrons. The molecule has 0 unspecified atom stereocenters. The van der Waals surface area contributed by atoms with Crippen LogP contribution in [0.2, 0.25) is 0 Å². The first-order chi connectivity index (χ1) is 8.25. The fourth-order valence-electron chi connectivity index (χ4n) is 2.11. The quantitative estimate of drug-likeness (QED) is 0.704. The summed E-state index contributed by atoms with van der Waals surface area (Å²) in [5.41, 5.74) is 2.39. The number of hydrogen-bond acceptors (Lipinski definition) is 2. The van der Waals surface area contributed by atoms with Gasteiger partial charge in [-0.1, -0.05) is 18.2 Å². The third-order valence-corrected chi connectivity index (χ3v) is 2.83. The molecule has 4 nitrogen and oxygen atoms in total. The number of carboxylic acids is 1. The zero-order valence-corrected chi connectivity index (χ0v) is 8.97. The second kappa shape index (κ2) is 3.59. The highest BCUT2D eigenvalue weighted by molar-refractivity contribution is 6.08. The number of benzene rings is 1. The summed E-state index contributed by atoms with van der Waals surface area (Å²) in [6, 6.07) is 9.80. The van der Waals surface area contributed by atoms with Crippen LogP contribution in [0.3, 0.4) is 0 Å². The Kier molecular flexibility index (Phi) is 2.08. The molecule has 0 amide bonds. The maximum atomic E-state index is 10.8. The Morgan fingerprint density at radius 2 is 2.06 bits per heavy atom. The minimum absolute atomic E-state index is 0.0653. The highest BCUT2D eigenvalue weighted by Crippen LogP contribution is 2.26. The van der Waals surface area contributed by atoms with Crippen molar-refractivity contribution in [2.75, 3.05) is 0 Å². The van der Waals surface area contributed by atoms with E-state index >= 15 is 0 Å². The third-order valence-electron chi connectivity index (χ3n) is 2.83. The van der Waals surface area contributed by atoms with Crippen LogP contribution in [-0.2, 0) is 11.2 Å². The van der Waals surface area contributed by atoms with Gasteiger partial charge in [-0.3, -0.25) is 9.78 Å². The van der Waals surface area contributed by atoms with Gasteiger partial charge in [-0.25, -0.2) is 0 Å². The molecule has 84 valence electrons. The zero-order chi connectivity index (χ0) is 11.8. The number of aliphatic carboxylic acids is 1. The molecule has 3 rings (SSSR count). The summed E-state index contributed by atoms with van der Waals surface area (Å²) in [4.78, 5) is 18.1. The number of para-hydroxylation sites is 1. The van der Waals surface area contributed by atoms with E-state index in [4.69, 9.17) is 5.11 Å². The van der Waals surface area contributed by atoms with E-state index in [0.29, 0.717) is 5.69 Å². The molecule has 0 bridgehead atoms. The summed E-state index contributed by atoms with van der Waals surface area (Å²) in [6.07, 6.45) is 1.59. The largest absolute Gasteiger partial charge is 0.481 e. The Morgan fingerprint density at radius 3 is 2.88 bits per heavy atom. The first kappa shape index (κ1) is 9.84. The molecule has 0 aliphatic carbocycles. The van der Waals surface area contributed by atoms with E-state index in [-0.39, 0.29) is 6.42 Å². The molecule has 0 fully saturated rings. The van der Waals surface area contributed by atoms with Crippen molar-refractivity contribution in [3.05, 3.63) is 42.2 Å². The second-order valence-electron chi connectivity index (χ2n) is 3.92. The van der Waals surface area contributed by atoms with Gasteiger partial charge < -0.3 is 10.1 Å². The summed E-state index contributed by atoms with van der Waals surface area (Å²) in [5.74, 6) is -0.872. The van der Waals surface area contributed by atoms with Crippen LogP contribution in [0.5, 0.6) is 0 Å². The van der Waals surface area contributed by atoms with Crippen LogP contribution < -0.4 is 0 Å². The fraction of sp³-hybridized carbons (Fsp3) is 0.0769. The molecule has 17 heavy (non-hydrogen) atoms. The third kappa shape index (κ3) is 1.54. The second-order valence-corrected chi connectivity index (χ2v) is 3.92. The van der Waals surface area contributed by atoms with Gasteiger partial charge in [-0.2, -0.15) is 0 Å². The molecule has 0 aliphatic rings. The molecular weight excluding hydrogens is 216 g/mol. The number of fused-ring (bicyclic) bond motifs is 3. The number of rotatable bonds is 2. The van der Waals surface area contributed by atoms with Crippen LogP contribution in [0, 0.1) is 0 Å². The summed E-state index contributed by atoms with van der Waals surface area (Å²) in [5, 5.41) is 11.0. The molecule has 2 aromatic heterocycles. The van der Waals surface area contributed by atoms with E-state index in [1.165, 1.54) is 0 Å². The van der Waals surface area contributed by atoms with Crippen LogP contribution in [0.4, 0.5) is 0 Å². The van der Waals surface area contributed by atoms with Crippen LogP contribution in [-0.4, -0.2) is 21.0 Å². The monoisotopic (exact) mass is 226 g/mol. The Balaban J connectivity index is 2.35. The van der Waals surface area contributed by atoms with Crippen molar-refractivity contribution in [1.82, 2.24) is 9.97 Å². The molecule has 2 N–H and O–H groups in total. The topological polar surface area (TPSA) is 66.0 Å². The number of nitrogens with one attached hydrogen (secondary N) is 1. The number of aromatic amines is 1. The Hall–Kier alpha value is -2.36. The van der Waals surface area contributed by atoms with Crippen LogP contribution >= 0.6 is 0 Å². The molecular formula is C13H10N2O2. The normalized spacial score (nSPS) is 11.1. The minimum Gasteiger partial charge on any atom is -0.481 e. The van der Waals surface area contributed by atoms with Gasteiger partial charge in [0.25, 0.3) is 0 Å². The van der Waals surface area contributed by atoms with E-state index < -0.39 is 5.97 Å². The number of aromatic nitrogens is 2. The first-order valence-corrected chi connectivity index (χ1v) is 5.32. The Labute approximate surface area is 96.9 Å². The smallest absolute Gasteiger partial charge is 0.309 e. The summed E-state index contributed by atoms with van der Waals surface area (Å²) < 4.78 is 0. The minimum atomic E-state index is -0.872. The van der Waals surface area contributed by atoms with Crippen LogP contribution in [0.15, 0.2) is 36.5 Å². The molecule has 2 heterocycles. The number of carboxylic acid groups (broad SMARTS) is 1. The summed E-state index contributed by atoms with van der Waals surface area (Å²) in [6.45, 7) is 0. The van der Waals surface area contributed by atoms with Crippen molar-refractivity contribution in [2.45, 2.75) is 6.42 Å². The van der Waals surface area contributed by atoms with Gasteiger partial charge in [0.15, 0.2) is 0 Å². The molecule has 0 aliphatic heterocycles. The molecule has 1 aromatic carbocycles. The number of H-pyrrole nitrogens is 1. The van der Waals surface area contributed by atoms with Crippen molar-refractivity contribution in [3.63, 3.8) is 0 Å². The fourth-order valence-corrected chi connectivity index (χ4v) is 2.11. The average Bonchev–Trinajstić information content (AvgIpc) is 2.68. The SMILES string of the molecule is O=C(O)Cc1nccc2c1[nH]c1ccccc12. The molecule has 0 spiro atoms. The lowest BCUT2D eigenvalue weighted by molar-refractivity contribution is -0.136. The van der Waals surface area contributed by atoms with Crippen molar-refractivity contribution < 1.29 is 9.90 Å². The number of carbonyl (C=O) groups is 1. The Morgan fingerprint density at radius 1 is 1.24 bits per heavy atom. The van der Waals surface area contributed by atoms with Crippen molar-refractivity contribution in [2.24, 2.45) is 0 Å². The van der Waals surface area contributed by atoms with Crippen molar-refractivity contribution in [1.29, 1.82) is 0 Å². The van der Waals surface area contributed by atoms with Gasteiger partial charge in [0.1, 0.15) is 0 Å². The van der Waals surface area contributed by atoms with Gasteiger partial charge in [0.05, 0.1) is 17.6 Å². The predicted octanol–water partition coefficient (Wildman–Crippen LogP) is 2.34. The van der Waals surface area contributed by atoms with Crippen LogP contribution in [0.1, 0.15) is 5.69 Å². The number of hydrogen-bond donors (Lipinski definition) is 2. The Bertz CT molecular complexity index is 716.